The van der Waals surface area contributed by atoms with Gasteiger partial charge in [0.25, 0.3) is 0 Å². The van der Waals surface area contributed by atoms with Crippen LogP contribution in [0.3, 0.4) is 0 Å². The fourth-order valence-corrected chi connectivity index (χ4v) is 3.43. The number of carbonyl (C=O) groups excluding carboxylic acids is 2. The molecule has 0 spiro atoms. The second-order valence-corrected chi connectivity index (χ2v) is 7.57. The van der Waals surface area contributed by atoms with Crippen molar-refractivity contribution in [3.63, 3.8) is 0 Å². The Morgan fingerprint density at radius 1 is 1.13 bits per heavy atom. The Bertz CT molecular complexity index is 1040. The Morgan fingerprint density at radius 2 is 1.87 bits per heavy atom. The molecule has 1 aromatic heterocycles. The molecular formula is C20H20ClN5O3S. The number of aromatic nitrogens is 3. The summed E-state index contributed by atoms with van der Waals surface area (Å²) in [4.78, 5) is 24.2. The predicted octanol–water partition coefficient (Wildman–Crippen LogP) is 3.60. The van der Waals surface area contributed by atoms with Gasteiger partial charge < -0.3 is 19.9 Å². The average molecular weight is 446 g/mol. The highest BCUT2D eigenvalue weighted by Gasteiger charge is 2.15. The van der Waals surface area contributed by atoms with Gasteiger partial charge in [0.1, 0.15) is 0 Å². The van der Waals surface area contributed by atoms with Crippen LogP contribution in [0.25, 0.3) is 0 Å². The van der Waals surface area contributed by atoms with Gasteiger partial charge in [-0.2, -0.15) is 0 Å². The summed E-state index contributed by atoms with van der Waals surface area (Å²) in [5.41, 5.74) is 1.62. The van der Waals surface area contributed by atoms with Gasteiger partial charge in [-0.25, -0.2) is 4.79 Å². The standard InChI is InChI=1S/C20H20ClN5O3S/c1-26-17(11-22-14-9-7-13(21)8-10-14)24-25-20(26)30-12-18(27)23-16-6-4-3-5-15(16)19(28)29-2/h3-10,22H,11-12H2,1-2H3,(H,23,27). The average Bonchev–Trinajstić information content (AvgIpc) is 3.11. The molecule has 0 atom stereocenters. The number of methoxy groups -OCH3 is 1. The highest BCUT2D eigenvalue weighted by atomic mass is 35.5. The van der Waals surface area contributed by atoms with E-state index in [0.29, 0.717) is 28.0 Å². The molecule has 0 saturated carbocycles. The number of rotatable bonds is 8. The first kappa shape index (κ1) is 21.7. The van der Waals surface area contributed by atoms with E-state index in [0.717, 1.165) is 11.5 Å². The number of esters is 1. The molecule has 0 aliphatic heterocycles. The third-order valence-electron chi connectivity index (χ3n) is 4.16. The molecule has 0 unspecified atom stereocenters. The number of hydrogen-bond donors (Lipinski definition) is 2. The summed E-state index contributed by atoms with van der Waals surface area (Å²) >= 11 is 7.14. The molecule has 2 aromatic carbocycles. The van der Waals surface area contributed by atoms with Crippen molar-refractivity contribution in [1.82, 2.24) is 14.8 Å². The van der Waals surface area contributed by atoms with Crippen LogP contribution in [-0.2, 0) is 23.1 Å². The van der Waals surface area contributed by atoms with Gasteiger partial charge in [-0.3, -0.25) is 4.79 Å². The van der Waals surface area contributed by atoms with Crippen LogP contribution in [0, 0.1) is 0 Å². The minimum atomic E-state index is -0.510. The lowest BCUT2D eigenvalue weighted by Crippen LogP contribution is -2.17. The van der Waals surface area contributed by atoms with E-state index in [2.05, 4.69) is 20.8 Å². The Hall–Kier alpha value is -3.04. The zero-order chi connectivity index (χ0) is 21.5. The van der Waals surface area contributed by atoms with Crippen molar-refractivity contribution >= 4 is 46.6 Å². The van der Waals surface area contributed by atoms with Gasteiger partial charge in [-0.1, -0.05) is 35.5 Å². The van der Waals surface area contributed by atoms with Crippen LogP contribution in [0.15, 0.2) is 53.7 Å². The molecule has 0 aliphatic carbocycles. The normalized spacial score (nSPS) is 10.5. The Balaban J connectivity index is 1.56. The smallest absolute Gasteiger partial charge is 0.339 e. The number of carbonyl (C=O) groups is 2. The number of para-hydroxylation sites is 1. The van der Waals surface area contributed by atoms with Crippen LogP contribution in [-0.4, -0.2) is 39.5 Å². The fourth-order valence-electron chi connectivity index (χ4n) is 2.57. The summed E-state index contributed by atoms with van der Waals surface area (Å²) in [7, 11) is 3.13. The van der Waals surface area contributed by atoms with E-state index in [9.17, 15) is 9.59 Å². The first-order chi connectivity index (χ1) is 14.5. The number of benzene rings is 2. The molecule has 0 radical (unpaired) electrons. The Morgan fingerprint density at radius 3 is 2.60 bits per heavy atom. The van der Waals surface area contributed by atoms with Gasteiger partial charge in [0.2, 0.25) is 5.91 Å². The zero-order valence-electron chi connectivity index (χ0n) is 16.4. The van der Waals surface area contributed by atoms with E-state index in [1.807, 2.05) is 23.7 Å². The molecule has 2 N–H and O–H groups in total. The lowest BCUT2D eigenvalue weighted by atomic mass is 10.2. The van der Waals surface area contributed by atoms with Crippen molar-refractivity contribution in [3.8, 4) is 0 Å². The number of hydrogen-bond acceptors (Lipinski definition) is 7. The second-order valence-electron chi connectivity index (χ2n) is 6.19. The molecule has 0 fully saturated rings. The van der Waals surface area contributed by atoms with E-state index in [-0.39, 0.29) is 11.7 Å². The molecule has 3 rings (SSSR count). The number of amides is 1. The molecule has 0 bridgehead atoms. The number of nitrogens with one attached hydrogen (secondary N) is 2. The third kappa shape index (κ3) is 5.52. The van der Waals surface area contributed by atoms with Gasteiger partial charge in [0.15, 0.2) is 11.0 Å². The van der Waals surface area contributed by atoms with Crippen LogP contribution in [0.1, 0.15) is 16.2 Å². The van der Waals surface area contributed by atoms with Gasteiger partial charge in [0.05, 0.1) is 30.7 Å². The summed E-state index contributed by atoms with van der Waals surface area (Å²) < 4.78 is 6.56. The van der Waals surface area contributed by atoms with Crippen LogP contribution in [0.4, 0.5) is 11.4 Å². The molecule has 8 nitrogen and oxygen atoms in total. The Labute approximate surface area is 183 Å². The predicted molar refractivity (Wildman–Crippen MR) is 117 cm³/mol. The van der Waals surface area contributed by atoms with Gasteiger partial charge in [0, 0.05) is 17.8 Å². The maximum Gasteiger partial charge on any atom is 0.339 e. The fraction of sp³-hybridized carbons (Fsp3) is 0.200. The van der Waals surface area contributed by atoms with E-state index in [1.54, 1.807) is 36.4 Å². The van der Waals surface area contributed by atoms with Crippen LogP contribution < -0.4 is 10.6 Å². The molecule has 10 heteroatoms. The van der Waals surface area contributed by atoms with E-state index >= 15 is 0 Å². The molecule has 1 heterocycles. The van der Waals surface area contributed by atoms with Gasteiger partial charge in [-0.15, -0.1) is 10.2 Å². The first-order valence-corrected chi connectivity index (χ1v) is 10.3. The lowest BCUT2D eigenvalue weighted by molar-refractivity contribution is -0.113. The number of anilines is 2. The topological polar surface area (TPSA) is 98.1 Å². The highest BCUT2D eigenvalue weighted by Crippen LogP contribution is 2.20. The van der Waals surface area contributed by atoms with Crippen LogP contribution >= 0.6 is 23.4 Å². The van der Waals surface area contributed by atoms with Crippen molar-refractivity contribution in [3.05, 3.63) is 64.9 Å². The summed E-state index contributed by atoms with van der Waals surface area (Å²) in [5.74, 6) is 0.0697. The number of nitrogens with zero attached hydrogens (tertiary/aromatic N) is 3. The molecule has 0 saturated heterocycles. The molecule has 1 amide bonds. The molecule has 0 aliphatic rings. The van der Waals surface area contributed by atoms with E-state index < -0.39 is 5.97 Å². The minimum Gasteiger partial charge on any atom is -0.465 e. The summed E-state index contributed by atoms with van der Waals surface area (Å²) in [6.45, 7) is 0.477. The van der Waals surface area contributed by atoms with Crippen molar-refractivity contribution in [2.45, 2.75) is 11.7 Å². The number of thioether (sulfide) groups is 1. The third-order valence-corrected chi connectivity index (χ3v) is 5.43. The first-order valence-electron chi connectivity index (χ1n) is 8.95. The van der Waals surface area contributed by atoms with Gasteiger partial charge >= 0.3 is 5.97 Å². The Kier molecular flexibility index (Phi) is 7.31. The monoisotopic (exact) mass is 445 g/mol. The van der Waals surface area contributed by atoms with Crippen LogP contribution in [0.5, 0.6) is 0 Å². The number of halogens is 1. The summed E-state index contributed by atoms with van der Waals surface area (Å²) in [5, 5.41) is 15.6. The number of ether oxygens (including phenoxy) is 1. The SMILES string of the molecule is COC(=O)c1ccccc1NC(=O)CSc1nnc(CNc2ccc(Cl)cc2)n1C. The van der Waals surface area contributed by atoms with Crippen molar-refractivity contribution in [2.75, 3.05) is 23.5 Å². The molecule has 3 aromatic rings. The molecule has 156 valence electrons. The molecule has 30 heavy (non-hydrogen) atoms. The van der Waals surface area contributed by atoms with Crippen LogP contribution in [0.2, 0.25) is 5.02 Å². The van der Waals surface area contributed by atoms with E-state index in [1.165, 1.54) is 18.9 Å². The highest BCUT2D eigenvalue weighted by molar-refractivity contribution is 7.99. The van der Waals surface area contributed by atoms with Gasteiger partial charge in [-0.05, 0) is 36.4 Å². The molecular weight excluding hydrogens is 426 g/mol. The summed E-state index contributed by atoms with van der Waals surface area (Å²) in [6.07, 6.45) is 0. The maximum atomic E-state index is 12.3. The van der Waals surface area contributed by atoms with E-state index in [4.69, 9.17) is 16.3 Å². The largest absolute Gasteiger partial charge is 0.465 e. The summed E-state index contributed by atoms with van der Waals surface area (Å²) in [6, 6.07) is 14.1. The minimum absolute atomic E-state index is 0.117. The zero-order valence-corrected chi connectivity index (χ0v) is 18.0. The maximum absolute atomic E-state index is 12.3. The van der Waals surface area contributed by atoms with Crippen molar-refractivity contribution in [2.24, 2.45) is 7.05 Å². The second kappa shape index (κ2) is 10.1. The van der Waals surface area contributed by atoms with Crippen molar-refractivity contribution in [1.29, 1.82) is 0 Å². The quantitative estimate of drug-likeness (QED) is 0.403. The van der Waals surface area contributed by atoms with Crippen molar-refractivity contribution < 1.29 is 14.3 Å². The lowest BCUT2D eigenvalue weighted by Gasteiger charge is -2.09.